The van der Waals surface area contributed by atoms with Crippen molar-refractivity contribution in [3.05, 3.63) is 64.5 Å². The van der Waals surface area contributed by atoms with Crippen LogP contribution >= 0.6 is 11.8 Å². The maximum absolute atomic E-state index is 13.0. The first-order valence-electron chi connectivity index (χ1n) is 10.7. The Morgan fingerprint density at radius 3 is 2.65 bits per heavy atom. The van der Waals surface area contributed by atoms with E-state index in [9.17, 15) is 18.3 Å². The smallest absolute Gasteiger partial charge is 0.336 e. The van der Waals surface area contributed by atoms with E-state index < -0.39 is 15.6 Å². The number of aromatic nitrogens is 2. The first-order valence-corrected chi connectivity index (χ1v) is 13.2. The minimum atomic E-state index is -3.58. The van der Waals surface area contributed by atoms with Gasteiger partial charge in [-0.15, -0.1) is 10.2 Å². The molecule has 0 spiro atoms. The molecule has 1 N–H and O–H groups in total. The molecule has 3 heterocycles. The zero-order chi connectivity index (χ0) is 23.7. The third kappa shape index (κ3) is 4.59. The molecule has 0 saturated carbocycles. The van der Waals surface area contributed by atoms with E-state index in [0.29, 0.717) is 40.9 Å². The summed E-state index contributed by atoms with van der Waals surface area (Å²) in [7, 11) is -3.58. The highest BCUT2D eigenvalue weighted by Gasteiger charge is 2.26. The van der Waals surface area contributed by atoms with Crippen LogP contribution in [0.2, 0.25) is 0 Å². The van der Waals surface area contributed by atoms with Gasteiger partial charge in [-0.1, -0.05) is 24.2 Å². The van der Waals surface area contributed by atoms with Crippen molar-refractivity contribution in [2.24, 2.45) is 0 Å². The molecule has 0 bridgehead atoms. The Kier molecular flexibility index (Phi) is 6.15. The lowest BCUT2D eigenvalue weighted by atomic mass is 10.1. The summed E-state index contributed by atoms with van der Waals surface area (Å²) in [4.78, 5) is 12.1. The Morgan fingerprint density at radius 2 is 1.82 bits per heavy atom. The lowest BCUT2D eigenvalue weighted by Crippen LogP contribution is -2.35. The van der Waals surface area contributed by atoms with Crippen LogP contribution in [-0.2, 0) is 15.8 Å². The monoisotopic (exact) mass is 499 g/mol. The van der Waals surface area contributed by atoms with E-state index >= 15 is 0 Å². The molecule has 11 heteroatoms. The molecular weight excluding hydrogens is 478 g/mol. The number of benzene rings is 2. The van der Waals surface area contributed by atoms with E-state index in [1.807, 2.05) is 0 Å². The molecule has 9 nitrogen and oxygen atoms in total. The van der Waals surface area contributed by atoms with E-state index in [0.717, 1.165) is 19.3 Å². The summed E-state index contributed by atoms with van der Waals surface area (Å²) < 4.78 is 38.4. The molecule has 34 heavy (non-hydrogen) atoms. The molecule has 0 radical (unpaired) electrons. The number of aromatic hydroxyl groups is 1. The van der Waals surface area contributed by atoms with Crippen LogP contribution in [-0.4, -0.2) is 41.1 Å². The van der Waals surface area contributed by atoms with E-state index in [2.05, 4.69) is 10.2 Å². The molecule has 0 aliphatic carbocycles. The maximum Gasteiger partial charge on any atom is 0.336 e. The van der Waals surface area contributed by atoms with E-state index in [1.54, 1.807) is 30.3 Å². The second-order valence-electron chi connectivity index (χ2n) is 7.93. The van der Waals surface area contributed by atoms with Gasteiger partial charge < -0.3 is 13.9 Å². The van der Waals surface area contributed by atoms with Crippen LogP contribution in [0.1, 0.15) is 24.8 Å². The van der Waals surface area contributed by atoms with Crippen LogP contribution in [0.4, 0.5) is 0 Å². The van der Waals surface area contributed by atoms with Gasteiger partial charge in [-0.2, -0.15) is 4.31 Å². The van der Waals surface area contributed by atoms with Crippen LogP contribution in [0.5, 0.6) is 5.75 Å². The van der Waals surface area contributed by atoms with E-state index in [1.165, 1.54) is 34.3 Å². The summed E-state index contributed by atoms with van der Waals surface area (Å²) in [6.07, 6.45) is 2.77. The predicted molar refractivity (Wildman–Crippen MR) is 126 cm³/mol. The fourth-order valence-corrected chi connectivity index (χ4v) is 6.22. The molecule has 176 valence electrons. The first kappa shape index (κ1) is 22.6. The van der Waals surface area contributed by atoms with Gasteiger partial charge in [0.25, 0.3) is 5.22 Å². The lowest BCUT2D eigenvalue weighted by Gasteiger charge is -2.25. The summed E-state index contributed by atoms with van der Waals surface area (Å²) in [5, 5.41) is 18.7. The van der Waals surface area contributed by atoms with Crippen molar-refractivity contribution in [3.8, 4) is 17.2 Å². The Morgan fingerprint density at radius 1 is 1.00 bits per heavy atom. The quantitative estimate of drug-likeness (QED) is 0.309. The number of nitrogens with zero attached hydrogens (tertiary/aromatic N) is 3. The second-order valence-corrected chi connectivity index (χ2v) is 10.8. The Hall–Kier alpha value is -3.15. The maximum atomic E-state index is 13.0. The average Bonchev–Trinajstić information content (AvgIpc) is 3.32. The molecule has 0 unspecified atom stereocenters. The fourth-order valence-electron chi connectivity index (χ4n) is 3.91. The summed E-state index contributed by atoms with van der Waals surface area (Å²) in [6.45, 7) is 1.06. The van der Waals surface area contributed by atoms with Crippen molar-refractivity contribution in [2.45, 2.75) is 35.1 Å². The van der Waals surface area contributed by atoms with Crippen LogP contribution in [0.25, 0.3) is 22.4 Å². The van der Waals surface area contributed by atoms with Gasteiger partial charge in [-0.25, -0.2) is 13.2 Å². The van der Waals surface area contributed by atoms with Crippen molar-refractivity contribution >= 4 is 32.8 Å². The largest absolute Gasteiger partial charge is 0.508 e. The molecule has 1 aliphatic rings. The van der Waals surface area contributed by atoms with Crippen molar-refractivity contribution in [1.29, 1.82) is 0 Å². The molecular formula is C23H21N3O6S2. The van der Waals surface area contributed by atoms with Crippen molar-refractivity contribution in [3.63, 3.8) is 0 Å². The van der Waals surface area contributed by atoms with E-state index in [4.69, 9.17) is 8.83 Å². The third-order valence-corrected chi connectivity index (χ3v) is 8.37. The Balaban J connectivity index is 1.36. The lowest BCUT2D eigenvalue weighted by molar-refractivity contribution is 0.346. The van der Waals surface area contributed by atoms with Crippen LogP contribution in [0, 0.1) is 0 Å². The normalized spacial score (nSPS) is 15.1. The Labute approximate surface area is 199 Å². The highest BCUT2D eigenvalue weighted by atomic mass is 32.2. The van der Waals surface area contributed by atoms with Gasteiger partial charge >= 0.3 is 5.63 Å². The van der Waals surface area contributed by atoms with Gasteiger partial charge in [0.05, 0.1) is 4.90 Å². The molecule has 1 fully saturated rings. The predicted octanol–water partition coefficient (Wildman–Crippen LogP) is 4.02. The number of phenolic OH excluding ortho intramolecular Hbond substituents is 1. The number of sulfonamides is 1. The fraction of sp³-hybridized carbons (Fsp3) is 0.261. The SMILES string of the molecule is O=c1cc(CSc2nnc(-c3cccc(S(=O)(=O)N4CCCCC4)c3)o2)c2ccc(O)cc2o1. The molecule has 1 aliphatic heterocycles. The molecule has 2 aromatic carbocycles. The number of phenols is 1. The zero-order valence-electron chi connectivity index (χ0n) is 18.0. The molecule has 5 rings (SSSR count). The minimum absolute atomic E-state index is 0.00604. The molecule has 1 saturated heterocycles. The number of fused-ring (bicyclic) bond motifs is 1. The van der Waals surface area contributed by atoms with Gasteiger partial charge in [0.15, 0.2) is 0 Å². The van der Waals surface area contributed by atoms with Crippen LogP contribution in [0.15, 0.2) is 72.3 Å². The number of piperidine rings is 1. The molecule has 0 amide bonds. The third-order valence-electron chi connectivity index (χ3n) is 5.61. The van der Waals surface area contributed by atoms with Gasteiger partial charge in [0, 0.05) is 41.9 Å². The standard InChI is InChI=1S/C23H21N3O6S2/c27-17-7-8-19-16(12-21(28)31-20(19)13-17)14-33-23-25-24-22(32-23)15-5-4-6-18(11-15)34(29,30)26-9-2-1-3-10-26/h4-8,11-13,27H,1-3,9-10,14H2. The highest BCUT2D eigenvalue weighted by Crippen LogP contribution is 2.30. The van der Waals surface area contributed by atoms with Crippen molar-refractivity contribution in [2.75, 3.05) is 13.1 Å². The van der Waals surface area contributed by atoms with Crippen LogP contribution in [0.3, 0.4) is 0 Å². The second kappa shape index (κ2) is 9.24. The number of thioether (sulfide) groups is 1. The molecule has 4 aromatic rings. The average molecular weight is 500 g/mol. The topological polar surface area (TPSA) is 127 Å². The van der Waals surface area contributed by atoms with Crippen molar-refractivity contribution < 1.29 is 22.4 Å². The highest BCUT2D eigenvalue weighted by molar-refractivity contribution is 7.98. The molecule has 2 aromatic heterocycles. The van der Waals surface area contributed by atoms with Crippen molar-refractivity contribution in [1.82, 2.24) is 14.5 Å². The van der Waals surface area contributed by atoms with Gasteiger partial charge in [0.2, 0.25) is 15.9 Å². The number of rotatable bonds is 6. The summed E-state index contributed by atoms with van der Waals surface area (Å²) >= 11 is 1.24. The molecule has 0 atom stereocenters. The minimum Gasteiger partial charge on any atom is -0.508 e. The Bertz CT molecular complexity index is 1510. The summed E-state index contributed by atoms with van der Waals surface area (Å²) in [5.41, 5.74) is 0.983. The number of hydrogen-bond donors (Lipinski definition) is 1. The first-order chi connectivity index (χ1) is 16.4. The van der Waals surface area contributed by atoms with E-state index in [-0.39, 0.29) is 21.8 Å². The summed E-state index contributed by atoms with van der Waals surface area (Å²) in [6, 6.07) is 12.5. The zero-order valence-corrected chi connectivity index (χ0v) is 19.6. The van der Waals surface area contributed by atoms with Gasteiger partial charge in [0.1, 0.15) is 11.3 Å². The van der Waals surface area contributed by atoms with Crippen LogP contribution < -0.4 is 5.63 Å². The number of hydrogen-bond acceptors (Lipinski definition) is 9. The van der Waals surface area contributed by atoms with Gasteiger partial charge in [-0.05, 0) is 48.7 Å². The summed E-state index contributed by atoms with van der Waals surface area (Å²) in [5.74, 6) is 0.574. The van der Waals surface area contributed by atoms with Gasteiger partial charge in [-0.3, -0.25) is 0 Å².